The molecule has 0 saturated heterocycles. The molecule has 0 aliphatic rings. The molecule has 0 fully saturated rings. The van der Waals surface area contributed by atoms with Crippen LogP contribution in [0.15, 0.2) is 121 Å². The van der Waals surface area contributed by atoms with Crippen molar-refractivity contribution >= 4 is 23.9 Å². The van der Waals surface area contributed by atoms with Gasteiger partial charge < -0.3 is 18.9 Å². The average molecular weight is 539 g/mol. The second-order valence-corrected chi connectivity index (χ2v) is 8.57. The number of hydrogen-bond donors (Lipinski definition) is 0. The van der Waals surface area contributed by atoms with Crippen molar-refractivity contribution in [1.29, 1.82) is 0 Å². The van der Waals surface area contributed by atoms with Gasteiger partial charge in [-0.25, -0.2) is 19.2 Å². The number of rotatable bonds is 11. The standard InChI is InChI=1S/C32H26O8/c33-29(25-17-9-3-10-18-25)39-27(31(35)37-21-23-13-5-1-6-14-23)28(40-30(34)26-19-11-4-12-20-26)32(36)38-22-24-15-7-2-8-16-24/h1-20,27-28H,21-22H2. The molecule has 2 unspecified atom stereocenters. The monoisotopic (exact) mass is 538 g/mol. The summed E-state index contributed by atoms with van der Waals surface area (Å²) in [6.07, 6.45) is -3.90. The third kappa shape index (κ3) is 7.88. The van der Waals surface area contributed by atoms with Gasteiger partial charge in [-0.15, -0.1) is 0 Å². The predicted octanol–water partition coefficient (Wildman–Crippen LogP) is 4.92. The summed E-state index contributed by atoms with van der Waals surface area (Å²) >= 11 is 0. The van der Waals surface area contributed by atoms with Gasteiger partial charge in [-0.2, -0.15) is 0 Å². The van der Waals surface area contributed by atoms with E-state index in [4.69, 9.17) is 18.9 Å². The molecular weight excluding hydrogens is 512 g/mol. The fourth-order valence-corrected chi connectivity index (χ4v) is 3.60. The second kappa shape index (κ2) is 14.1. The van der Waals surface area contributed by atoms with Crippen LogP contribution in [0.3, 0.4) is 0 Å². The quantitative estimate of drug-likeness (QED) is 0.196. The Morgan fingerprint density at radius 3 is 1.07 bits per heavy atom. The molecule has 4 aromatic carbocycles. The molecule has 0 aliphatic carbocycles. The minimum Gasteiger partial charge on any atom is -0.458 e. The first-order chi connectivity index (χ1) is 19.5. The maximum absolute atomic E-state index is 13.3. The van der Waals surface area contributed by atoms with Crippen molar-refractivity contribution in [2.75, 3.05) is 0 Å². The molecule has 8 nitrogen and oxygen atoms in total. The average Bonchev–Trinajstić information content (AvgIpc) is 3.02. The molecule has 0 heterocycles. The summed E-state index contributed by atoms with van der Waals surface area (Å²) < 4.78 is 21.7. The Hall–Kier alpha value is -5.24. The van der Waals surface area contributed by atoms with Crippen molar-refractivity contribution in [2.24, 2.45) is 0 Å². The molecule has 4 aromatic rings. The lowest BCUT2D eigenvalue weighted by Gasteiger charge is -2.24. The molecule has 0 spiro atoms. The summed E-state index contributed by atoms with van der Waals surface area (Å²) in [6.45, 7) is -0.338. The van der Waals surface area contributed by atoms with Crippen molar-refractivity contribution in [3.05, 3.63) is 144 Å². The highest BCUT2D eigenvalue weighted by Gasteiger charge is 2.43. The minimum absolute atomic E-state index is 0.120. The Morgan fingerprint density at radius 1 is 0.450 bits per heavy atom. The third-order valence-electron chi connectivity index (χ3n) is 5.67. The van der Waals surface area contributed by atoms with Gasteiger partial charge in [0.05, 0.1) is 11.1 Å². The van der Waals surface area contributed by atoms with E-state index in [9.17, 15) is 19.2 Å². The van der Waals surface area contributed by atoms with E-state index in [2.05, 4.69) is 0 Å². The highest BCUT2D eigenvalue weighted by atomic mass is 16.6. The van der Waals surface area contributed by atoms with Gasteiger partial charge in [-0.3, -0.25) is 0 Å². The van der Waals surface area contributed by atoms with Crippen molar-refractivity contribution in [2.45, 2.75) is 25.4 Å². The summed E-state index contributed by atoms with van der Waals surface area (Å²) in [7, 11) is 0. The van der Waals surface area contributed by atoms with E-state index in [0.717, 1.165) is 0 Å². The lowest BCUT2D eigenvalue weighted by atomic mass is 10.1. The van der Waals surface area contributed by atoms with Gasteiger partial charge in [0.2, 0.25) is 12.2 Å². The molecule has 40 heavy (non-hydrogen) atoms. The van der Waals surface area contributed by atoms with Crippen molar-refractivity contribution < 1.29 is 38.1 Å². The van der Waals surface area contributed by atoms with Gasteiger partial charge in [0.1, 0.15) is 13.2 Å². The summed E-state index contributed by atoms with van der Waals surface area (Å²) in [4.78, 5) is 52.6. The third-order valence-corrected chi connectivity index (χ3v) is 5.67. The first-order valence-corrected chi connectivity index (χ1v) is 12.4. The van der Waals surface area contributed by atoms with Crippen molar-refractivity contribution in [3.63, 3.8) is 0 Å². The lowest BCUT2D eigenvalue weighted by molar-refractivity contribution is -0.175. The van der Waals surface area contributed by atoms with Crippen LogP contribution in [0.5, 0.6) is 0 Å². The number of carbonyl (C=O) groups is 4. The van der Waals surface area contributed by atoms with E-state index in [0.29, 0.717) is 11.1 Å². The Labute approximate surface area is 231 Å². The van der Waals surface area contributed by atoms with Crippen LogP contribution in [-0.2, 0) is 41.8 Å². The van der Waals surface area contributed by atoms with Crippen LogP contribution in [0.25, 0.3) is 0 Å². The number of hydrogen-bond acceptors (Lipinski definition) is 8. The molecule has 4 rings (SSSR count). The van der Waals surface area contributed by atoms with Gasteiger partial charge in [0, 0.05) is 0 Å². The maximum Gasteiger partial charge on any atom is 0.352 e. The smallest absolute Gasteiger partial charge is 0.352 e. The molecule has 0 aliphatic heterocycles. The Balaban J connectivity index is 1.62. The molecule has 202 valence electrons. The van der Waals surface area contributed by atoms with Crippen LogP contribution in [0.2, 0.25) is 0 Å². The summed E-state index contributed by atoms with van der Waals surface area (Å²) in [5.41, 5.74) is 1.56. The zero-order valence-electron chi connectivity index (χ0n) is 21.4. The number of esters is 4. The van der Waals surface area contributed by atoms with Crippen LogP contribution in [0.1, 0.15) is 31.8 Å². The SMILES string of the molecule is O=C(OC(C(=O)OCc1ccccc1)C(OC(=O)c1ccccc1)C(=O)OCc1ccccc1)c1ccccc1. The van der Waals surface area contributed by atoms with Gasteiger partial charge in [-0.1, -0.05) is 97.1 Å². The largest absolute Gasteiger partial charge is 0.458 e. The van der Waals surface area contributed by atoms with Crippen LogP contribution in [-0.4, -0.2) is 36.1 Å². The van der Waals surface area contributed by atoms with Gasteiger partial charge in [0.15, 0.2) is 0 Å². The van der Waals surface area contributed by atoms with Crippen LogP contribution in [0.4, 0.5) is 0 Å². The summed E-state index contributed by atoms with van der Waals surface area (Å²) in [5.74, 6) is -4.01. The predicted molar refractivity (Wildman–Crippen MR) is 144 cm³/mol. The zero-order valence-corrected chi connectivity index (χ0v) is 21.4. The van der Waals surface area contributed by atoms with E-state index >= 15 is 0 Å². The first-order valence-electron chi connectivity index (χ1n) is 12.4. The molecule has 0 saturated carbocycles. The van der Waals surface area contributed by atoms with Crippen LogP contribution < -0.4 is 0 Å². The first kappa shape index (κ1) is 27.8. The highest BCUT2D eigenvalue weighted by Crippen LogP contribution is 2.17. The van der Waals surface area contributed by atoms with Crippen molar-refractivity contribution in [3.8, 4) is 0 Å². The molecule has 0 aromatic heterocycles. The Kier molecular flexibility index (Phi) is 9.77. The zero-order chi connectivity index (χ0) is 28.2. The molecule has 8 heteroatoms. The fourth-order valence-electron chi connectivity index (χ4n) is 3.60. The van der Waals surface area contributed by atoms with E-state index in [-0.39, 0.29) is 24.3 Å². The van der Waals surface area contributed by atoms with Gasteiger partial charge in [0.25, 0.3) is 0 Å². The highest BCUT2D eigenvalue weighted by molar-refractivity contribution is 5.96. The van der Waals surface area contributed by atoms with E-state index < -0.39 is 36.1 Å². The number of carbonyl (C=O) groups excluding carboxylic acids is 4. The lowest BCUT2D eigenvalue weighted by Crippen LogP contribution is -2.47. The molecule has 0 bridgehead atoms. The molecule has 0 radical (unpaired) electrons. The summed E-state index contributed by atoms with van der Waals surface area (Å²) in [6, 6.07) is 33.4. The van der Waals surface area contributed by atoms with Crippen molar-refractivity contribution in [1.82, 2.24) is 0 Å². The second-order valence-electron chi connectivity index (χ2n) is 8.57. The van der Waals surface area contributed by atoms with E-state index in [1.807, 2.05) is 0 Å². The molecule has 0 N–H and O–H groups in total. The Bertz CT molecular complexity index is 1300. The van der Waals surface area contributed by atoms with E-state index in [1.54, 1.807) is 97.1 Å². The molecular formula is C32H26O8. The van der Waals surface area contributed by atoms with Gasteiger partial charge in [-0.05, 0) is 35.4 Å². The number of ether oxygens (including phenoxy) is 4. The normalized spacial score (nSPS) is 11.9. The summed E-state index contributed by atoms with van der Waals surface area (Å²) in [5, 5.41) is 0. The topological polar surface area (TPSA) is 105 Å². The van der Waals surface area contributed by atoms with Crippen LogP contribution >= 0.6 is 0 Å². The van der Waals surface area contributed by atoms with Gasteiger partial charge >= 0.3 is 23.9 Å². The van der Waals surface area contributed by atoms with E-state index in [1.165, 1.54) is 24.3 Å². The number of benzene rings is 4. The maximum atomic E-state index is 13.3. The molecule has 0 amide bonds. The molecule has 2 atom stereocenters. The minimum atomic E-state index is -1.95. The fraction of sp³-hybridized carbons (Fsp3) is 0.125. The Morgan fingerprint density at radius 2 is 0.750 bits per heavy atom. The van der Waals surface area contributed by atoms with Crippen LogP contribution in [0, 0.1) is 0 Å².